The summed E-state index contributed by atoms with van der Waals surface area (Å²) >= 11 is 0. The minimum absolute atomic E-state index is 0. The SMILES string of the molecule is CCCCc1nc2c(n1Cc1ccc(-c3ccccc3-c3nn[nH]n3)cc1)C1C(O)=C(C(C)=O)C(=O)N1CC2.[H-].[H-].[Na+].[Na+]. The second kappa shape index (κ2) is 13.1. The van der Waals surface area contributed by atoms with Crippen LogP contribution in [0.5, 0.6) is 0 Å². The molecule has 0 aliphatic carbocycles. The number of aliphatic hydroxyl groups is 1. The summed E-state index contributed by atoms with van der Waals surface area (Å²) in [6.45, 7) is 4.43. The van der Waals surface area contributed by atoms with Gasteiger partial charge >= 0.3 is 59.1 Å². The number of Topliss-reactive ketones (excluding diaryl/α,β-unsaturated/α-hetero) is 1. The van der Waals surface area contributed by atoms with E-state index < -0.39 is 17.7 Å². The number of unbranched alkanes of at least 4 members (excludes halogenated alkanes) is 1. The van der Waals surface area contributed by atoms with Gasteiger partial charge in [-0.1, -0.05) is 61.9 Å². The van der Waals surface area contributed by atoms with Gasteiger partial charge in [0.05, 0.1) is 11.4 Å². The molecule has 2 aromatic carbocycles. The van der Waals surface area contributed by atoms with Gasteiger partial charge in [0, 0.05) is 31.5 Å². The van der Waals surface area contributed by atoms with Crippen molar-refractivity contribution < 1.29 is 76.7 Å². The first-order chi connectivity index (χ1) is 19.0. The van der Waals surface area contributed by atoms with Crippen LogP contribution in [0.4, 0.5) is 0 Å². The summed E-state index contributed by atoms with van der Waals surface area (Å²) < 4.78 is 2.14. The molecule has 10 nitrogen and oxygen atoms in total. The molecule has 202 valence electrons. The summed E-state index contributed by atoms with van der Waals surface area (Å²) in [5.74, 6) is 0.496. The fraction of sp³-hybridized carbons (Fsp3) is 0.310. The predicted octanol–water partition coefficient (Wildman–Crippen LogP) is -1.81. The van der Waals surface area contributed by atoms with Gasteiger partial charge in [0.1, 0.15) is 23.2 Å². The van der Waals surface area contributed by atoms with Gasteiger partial charge in [-0.25, -0.2) is 4.98 Å². The Morgan fingerprint density at radius 3 is 2.51 bits per heavy atom. The summed E-state index contributed by atoms with van der Waals surface area (Å²) in [5.41, 5.74) is 5.56. The van der Waals surface area contributed by atoms with Crippen molar-refractivity contribution in [2.75, 3.05) is 6.54 Å². The van der Waals surface area contributed by atoms with Crippen molar-refractivity contribution in [3.63, 3.8) is 0 Å². The second-order valence-corrected chi connectivity index (χ2v) is 10.00. The van der Waals surface area contributed by atoms with Gasteiger partial charge in [0.15, 0.2) is 5.78 Å². The monoisotopic (exact) mass is 571 g/mol. The van der Waals surface area contributed by atoms with Gasteiger partial charge in [0.25, 0.3) is 5.91 Å². The Labute approximate surface area is 285 Å². The molecule has 2 N–H and O–H groups in total. The standard InChI is InChI=1S/C29H29N7O3.2Na.2H/c1-3-4-9-23-30-22-14-15-35-26(27(38)24(17(2)37)29(35)39)25(22)36(23)16-18-10-12-19(13-11-18)20-7-5-6-8-21(20)28-31-33-34-32-28;;;;/h5-8,10-13,26,38H,3-4,9,14-16H2,1-2H3,(H,31,32,33,34);;;;/q;2*+1;2*-1. The number of carbonyl (C=O) groups excluding carboxylic acids is 2. The third-order valence-electron chi connectivity index (χ3n) is 7.54. The van der Waals surface area contributed by atoms with E-state index in [1.54, 1.807) is 4.90 Å². The number of aryl methyl sites for hydroxylation is 1. The average molecular weight is 572 g/mol. The summed E-state index contributed by atoms with van der Waals surface area (Å²) in [4.78, 5) is 31.7. The van der Waals surface area contributed by atoms with E-state index in [1.807, 2.05) is 24.3 Å². The number of carbonyl (C=O) groups is 2. The van der Waals surface area contributed by atoms with E-state index in [4.69, 9.17) is 4.98 Å². The number of nitrogens with one attached hydrogen (secondary N) is 1. The minimum atomic E-state index is -0.677. The number of hydrogen-bond acceptors (Lipinski definition) is 7. The maximum absolute atomic E-state index is 13.0. The number of imidazole rings is 1. The van der Waals surface area contributed by atoms with Gasteiger partial charge < -0.3 is 17.4 Å². The molecule has 4 heterocycles. The summed E-state index contributed by atoms with van der Waals surface area (Å²) in [5, 5.41) is 25.5. The molecule has 0 spiro atoms. The van der Waals surface area contributed by atoms with Gasteiger partial charge in [-0.15, -0.1) is 10.2 Å². The van der Waals surface area contributed by atoms with Crippen LogP contribution in [0.3, 0.4) is 0 Å². The van der Waals surface area contributed by atoms with Crippen LogP contribution in [0.15, 0.2) is 59.9 Å². The summed E-state index contributed by atoms with van der Waals surface area (Å²) in [6.07, 6.45) is 3.40. The number of ketones is 1. The van der Waals surface area contributed by atoms with Crippen LogP contribution < -0.4 is 59.1 Å². The first-order valence-corrected chi connectivity index (χ1v) is 13.2. The van der Waals surface area contributed by atoms with Crippen LogP contribution in [0, 0.1) is 0 Å². The van der Waals surface area contributed by atoms with E-state index in [1.165, 1.54) is 6.92 Å². The Hall–Kier alpha value is -2.60. The molecule has 41 heavy (non-hydrogen) atoms. The van der Waals surface area contributed by atoms with Crippen molar-refractivity contribution in [3.05, 3.63) is 82.6 Å². The summed E-state index contributed by atoms with van der Waals surface area (Å²) in [7, 11) is 0. The van der Waals surface area contributed by atoms with Gasteiger partial charge in [0.2, 0.25) is 5.82 Å². The van der Waals surface area contributed by atoms with E-state index in [-0.39, 0.29) is 73.3 Å². The number of hydrogen-bond donors (Lipinski definition) is 2. The number of aromatic nitrogens is 6. The van der Waals surface area contributed by atoms with Crippen molar-refractivity contribution in [3.8, 4) is 22.5 Å². The van der Waals surface area contributed by atoms with Gasteiger partial charge in [-0.2, -0.15) is 5.21 Å². The largest absolute Gasteiger partial charge is 1.00 e. The van der Waals surface area contributed by atoms with Crippen LogP contribution in [0.2, 0.25) is 0 Å². The number of nitrogens with zero attached hydrogens (tertiary/aromatic N) is 6. The third-order valence-corrected chi connectivity index (χ3v) is 7.54. The van der Waals surface area contributed by atoms with E-state index in [2.05, 4.69) is 56.4 Å². The molecule has 0 fully saturated rings. The Kier molecular flexibility index (Phi) is 10.0. The third kappa shape index (κ3) is 5.74. The van der Waals surface area contributed by atoms with Crippen LogP contribution in [0.1, 0.15) is 58.4 Å². The van der Waals surface area contributed by atoms with E-state index in [0.717, 1.165) is 58.7 Å². The number of rotatable bonds is 8. The number of fused-ring (bicyclic) bond motifs is 3. The molecule has 12 heteroatoms. The van der Waals surface area contributed by atoms with Crippen molar-refractivity contribution in [1.29, 1.82) is 0 Å². The number of tetrazole rings is 1. The number of aliphatic hydroxyl groups excluding tert-OH is 1. The van der Waals surface area contributed by atoms with Crippen molar-refractivity contribution in [2.45, 2.75) is 52.1 Å². The number of H-pyrrole nitrogens is 1. The fourth-order valence-electron chi connectivity index (χ4n) is 5.66. The zero-order valence-electron chi connectivity index (χ0n) is 25.9. The Bertz CT molecular complexity index is 1610. The van der Waals surface area contributed by atoms with E-state index >= 15 is 0 Å². The van der Waals surface area contributed by atoms with E-state index in [0.29, 0.717) is 25.3 Å². The molecule has 2 aromatic heterocycles. The Morgan fingerprint density at radius 2 is 1.85 bits per heavy atom. The molecular formula is C29H31N7Na2O3. The smallest absolute Gasteiger partial charge is 1.00 e. The molecule has 1 unspecified atom stereocenters. The molecule has 0 bridgehead atoms. The number of amides is 1. The number of aromatic amines is 1. The molecule has 2 aliphatic heterocycles. The van der Waals surface area contributed by atoms with Crippen molar-refractivity contribution >= 4 is 11.7 Å². The normalized spacial score (nSPS) is 15.7. The Morgan fingerprint density at radius 1 is 1.12 bits per heavy atom. The molecule has 1 atom stereocenters. The second-order valence-electron chi connectivity index (χ2n) is 10.00. The quantitative estimate of drug-likeness (QED) is 0.189. The van der Waals surface area contributed by atoms with Crippen molar-refractivity contribution in [2.24, 2.45) is 0 Å². The molecule has 1 amide bonds. The molecule has 0 radical (unpaired) electrons. The fourth-order valence-corrected chi connectivity index (χ4v) is 5.66. The zero-order chi connectivity index (χ0) is 27.1. The van der Waals surface area contributed by atoms with Crippen LogP contribution in [-0.2, 0) is 29.0 Å². The molecule has 6 rings (SSSR count). The van der Waals surface area contributed by atoms with Crippen LogP contribution >= 0.6 is 0 Å². The van der Waals surface area contributed by atoms with Gasteiger partial charge in [-0.05, 0) is 35.2 Å². The van der Waals surface area contributed by atoms with Crippen LogP contribution in [-0.4, -0.2) is 58.4 Å². The van der Waals surface area contributed by atoms with E-state index in [9.17, 15) is 14.7 Å². The van der Waals surface area contributed by atoms with Gasteiger partial charge in [-0.3, -0.25) is 9.59 Å². The number of benzene rings is 2. The maximum Gasteiger partial charge on any atom is 1.00 e. The van der Waals surface area contributed by atoms with Crippen molar-refractivity contribution in [1.82, 2.24) is 35.1 Å². The molecule has 0 saturated carbocycles. The maximum atomic E-state index is 13.0. The zero-order valence-corrected chi connectivity index (χ0v) is 27.9. The molecule has 0 saturated heterocycles. The minimum Gasteiger partial charge on any atom is -1.00 e. The molecule has 4 aromatic rings. The first-order valence-electron chi connectivity index (χ1n) is 13.2. The first kappa shape index (κ1) is 31.3. The molecular weight excluding hydrogens is 540 g/mol. The van der Waals surface area contributed by atoms with Crippen LogP contribution in [0.25, 0.3) is 22.5 Å². The average Bonchev–Trinajstić information content (AvgIpc) is 3.65. The summed E-state index contributed by atoms with van der Waals surface area (Å²) in [6, 6.07) is 15.5. The predicted molar refractivity (Wildman–Crippen MR) is 146 cm³/mol. The topological polar surface area (TPSA) is 130 Å². The Balaban J connectivity index is 0.00000161. The molecule has 2 aliphatic rings.